The van der Waals surface area contributed by atoms with E-state index in [-0.39, 0.29) is 34.3 Å². The Kier molecular flexibility index (Phi) is 10.1. The van der Waals surface area contributed by atoms with Crippen LogP contribution in [0.15, 0.2) is 0 Å². The summed E-state index contributed by atoms with van der Waals surface area (Å²) in [7, 11) is -0.226. The summed E-state index contributed by atoms with van der Waals surface area (Å²) in [6.45, 7) is 3.65. The van der Waals surface area contributed by atoms with Crippen LogP contribution in [0.1, 0.15) is 13.8 Å². The van der Waals surface area contributed by atoms with Crippen molar-refractivity contribution in [2.24, 2.45) is 0 Å². The van der Waals surface area contributed by atoms with Crippen molar-refractivity contribution in [3.8, 4) is 0 Å². The van der Waals surface area contributed by atoms with Crippen LogP contribution in [0.2, 0.25) is 0 Å². The van der Waals surface area contributed by atoms with Crippen LogP contribution in [0.25, 0.3) is 0 Å². The summed E-state index contributed by atoms with van der Waals surface area (Å²) in [6, 6.07) is 0. The third-order valence-corrected chi connectivity index (χ3v) is 0.762. The molecular weight excluding hydrogens is 164 g/mol. The molecule has 4 heteroatoms. The zero-order chi connectivity index (χ0) is 4.99. The molecule has 0 saturated carbocycles. The predicted octanol–water partition coefficient (Wildman–Crippen LogP) is 1.62. The van der Waals surface area contributed by atoms with E-state index >= 15 is 0 Å². The van der Waals surface area contributed by atoms with E-state index in [0.29, 0.717) is 0 Å². The van der Waals surface area contributed by atoms with Crippen LogP contribution in [0.5, 0.6) is 0 Å². The van der Waals surface area contributed by atoms with Gasteiger partial charge in [0, 0.05) is 19.5 Å². The van der Waals surface area contributed by atoms with Gasteiger partial charge in [-0.1, -0.05) is 0 Å². The van der Waals surface area contributed by atoms with Gasteiger partial charge in [-0.3, -0.25) is 4.52 Å². The number of hydrogen-bond acceptors (Lipinski definition) is 2. The summed E-state index contributed by atoms with van der Waals surface area (Å²) >= 11 is 0. The first kappa shape index (κ1) is 10.6. The Hall–Kier alpha value is 0.683. The van der Waals surface area contributed by atoms with E-state index < -0.39 is 0 Å². The molecule has 0 aromatic rings. The first-order valence-electron chi connectivity index (χ1n) is 1.76. The normalized spacial score (nSPS) is 9.00. The Bertz CT molecular complexity index is 48.2. The molecule has 0 aromatic carbocycles. The summed E-state index contributed by atoms with van der Waals surface area (Å²) < 4.78 is 13.9. The topological polar surface area (TPSA) is 26.3 Å². The van der Waals surface area contributed by atoms with Gasteiger partial charge in [-0.25, -0.2) is 4.57 Å². The average molecular weight is 171 g/mol. The summed E-state index contributed by atoms with van der Waals surface area (Å²) in [5.74, 6) is 0. The quantitative estimate of drug-likeness (QED) is 0.466. The third kappa shape index (κ3) is 10.8. The zero-order valence-electron chi connectivity index (χ0n) is 4.55. The summed E-state index contributed by atoms with van der Waals surface area (Å²) in [5.41, 5.74) is 0. The first-order valence-corrected chi connectivity index (χ1v) is 2.49. The fourth-order valence-electron chi connectivity index (χ4n) is 0.0861. The van der Waals surface area contributed by atoms with Crippen LogP contribution in [0.4, 0.5) is 0 Å². The van der Waals surface area contributed by atoms with E-state index in [1.54, 1.807) is 0 Å². The van der Waals surface area contributed by atoms with Gasteiger partial charge in [-0.05, 0) is 13.8 Å². The maximum absolute atomic E-state index is 9.49. The van der Waals surface area contributed by atoms with Crippen LogP contribution < -0.4 is 0 Å². The van der Waals surface area contributed by atoms with Gasteiger partial charge < -0.3 is 0 Å². The van der Waals surface area contributed by atoms with Crippen molar-refractivity contribution in [1.82, 2.24) is 0 Å². The van der Waals surface area contributed by atoms with E-state index in [2.05, 4.69) is 4.52 Å². The molecule has 0 rings (SSSR count). The Balaban J connectivity index is 0. The predicted molar refractivity (Wildman–Crippen MR) is 23.8 cm³/mol. The largest absolute Gasteiger partial charge is 0.327 e. The number of rotatable bonds is 2. The molecule has 0 amide bonds. The Morgan fingerprint density at radius 3 is 2.00 bits per heavy atom. The molecule has 0 saturated heterocycles. The Labute approximate surface area is 57.7 Å². The molecule has 0 N–H and O–H groups in total. The minimum atomic E-state index is -0.226. The smallest absolute Gasteiger partial charge is 0.292 e. The van der Waals surface area contributed by atoms with E-state index in [4.69, 9.17) is 0 Å². The third-order valence-electron chi connectivity index (χ3n) is 0.254. The second-order valence-electron chi connectivity index (χ2n) is 1.23. The van der Waals surface area contributed by atoms with Gasteiger partial charge in [0.05, 0.1) is 6.10 Å². The maximum Gasteiger partial charge on any atom is 0.327 e. The molecule has 0 heterocycles. The molecular formula is C3H7O2PZn. The maximum atomic E-state index is 9.49. The van der Waals surface area contributed by atoms with Crippen LogP contribution in [0, 0.1) is 0 Å². The van der Waals surface area contributed by atoms with Gasteiger partial charge in [0.15, 0.2) is 0 Å². The van der Waals surface area contributed by atoms with Crippen LogP contribution in [-0.4, -0.2) is 6.10 Å². The number of hydrogen-bond donors (Lipinski definition) is 0. The van der Waals surface area contributed by atoms with E-state index in [0.717, 1.165) is 0 Å². The van der Waals surface area contributed by atoms with Crippen LogP contribution >= 0.6 is 8.69 Å². The van der Waals surface area contributed by atoms with Crippen molar-refractivity contribution >= 4 is 8.69 Å². The molecule has 0 aliphatic carbocycles. The SMILES string of the molecule is CC(C)OP=O.[Zn]. The first-order chi connectivity index (χ1) is 2.77. The van der Waals surface area contributed by atoms with Crippen molar-refractivity contribution in [2.75, 3.05) is 0 Å². The van der Waals surface area contributed by atoms with E-state index in [1.165, 1.54) is 0 Å². The molecule has 0 bridgehead atoms. The van der Waals surface area contributed by atoms with E-state index in [9.17, 15) is 4.57 Å². The minimum absolute atomic E-state index is 0. The molecule has 0 atom stereocenters. The summed E-state index contributed by atoms with van der Waals surface area (Å²) in [4.78, 5) is 0. The zero-order valence-corrected chi connectivity index (χ0v) is 8.41. The molecule has 38 valence electrons. The van der Waals surface area contributed by atoms with Crippen molar-refractivity contribution in [1.29, 1.82) is 0 Å². The minimum Gasteiger partial charge on any atom is -0.292 e. The molecule has 0 spiro atoms. The fraction of sp³-hybridized carbons (Fsp3) is 1.00. The molecule has 7 heavy (non-hydrogen) atoms. The molecule has 0 fully saturated rings. The fourth-order valence-corrected chi connectivity index (χ4v) is 0.258. The summed E-state index contributed by atoms with van der Waals surface area (Å²) in [6.07, 6.45) is 0.0733. The van der Waals surface area contributed by atoms with E-state index in [1.807, 2.05) is 13.8 Å². The van der Waals surface area contributed by atoms with Crippen molar-refractivity contribution in [3.05, 3.63) is 0 Å². The monoisotopic (exact) mass is 170 g/mol. The van der Waals surface area contributed by atoms with Crippen LogP contribution in [0.3, 0.4) is 0 Å². The molecule has 0 aliphatic heterocycles. The van der Waals surface area contributed by atoms with Crippen molar-refractivity contribution in [2.45, 2.75) is 20.0 Å². The molecule has 2 nitrogen and oxygen atoms in total. The standard InChI is InChI=1S/C3H7O2P.Zn/c1-3(2)5-6-4;/h3H,1-2H3;. The Morgan fingerprint density at radius 1 is 1.57 bits per heavy atom. The van der Waals surface area contributed by atoms with Gasteiger partial charge >= 0.3 is 8.69 Å². The average Bonchev–Trinajstić information content (AvgIpc) is 1.35. The van der Waals surface area contributed by atoms with Crippen LogP contribution in [-0.2, 0) is 28.6 Å². The van der Waals surface area contributed by atoms with Gasteiger partial charge in [-0.2, -0.15) is 0 Å². The van der Waals surface area contributed by atoms with Gasteiger partial charge in [0.1, 0.15) is 0 Å². The van der Waals surface area contributed by atoms with Gasteiger partial charge in [0.25, 0.3) is 0 Å². The van der Waals surface area contributed by atoms with Crippen molar-refractivity contribution in [3.63, 3.8) is 0 Å². The molecule has 0 radical (unpaired) electrons. The second-order valence-corrected chi connectivity index (χ2v) is 1.59. The second kappa shape index (κ2) is 6.68. The molecule has 0 aromatic heterocycles. The van der Waals surface area contributed by atoms with Gasteiger partial charge in [-0.15, -0.1) is 0 Å². The van der Waals surface area contributed by atoms with Crippen molar-refractivity contribution < 1.29 is 28.6 Å². The van der Waals surface area contributed by atoms with Gasteiger partial charge in [0.2, 0.25) is 0 Å². The Morgan fingerprint density at radius 2 is 2.00 bits per heavy atom. The molecule has 0 unspecified atom stereocenters. The molecule has 0 aliphatic rings. The summed E-state index contributed by atoms with van der Waals surface area (Å²) in [5, 5.41) is 0.